The Bertz CT molecular complexity index is 1070. The Morgan fingerprint density at radius 3 is 2.38 bits per heavy atom. The number of carbonyl (C=O) groups is 2. The van der Waals surface area contributed by atoms with Crippen LogP contribution in [0.15, 0.2) is 71.1 Å². The van der Waals surface area contributed by atoms with Gasteiger partial charge >= 0.3 is 5.88 Å². The quantitative estimate of drug-likeness (QED) is 0.529. The number of carbonyl (C=O) groups excluding carboxylic acids is 2. The molecule has 1 aliphatic rings. The number of hydrogen-bond donors (Lipinski definition) is 1. The van der Waals surface area contributed by atoms with E-state index in [9.17, 15) is 19.7 Å². The number of hydrogen-bond acceptors (Lipinski definition) is 5. The molecule has 2 heterocycles. The van der Waals surface area contributed by atoms with Crippen LogP contribution in [0.2, 0.25) is 0 Å². The van der Waals surface area contributed by atoms with E-state index in [4.69, 9.17) is 4.42 Å². The van der Waals surface area contributed by atoms with Gasteiger partial charge in [-0.2, -0.15) is 0 Å². The van der Waals surface area contributed by atoms with Crippen LogP contribution in [0, 0.1) is 16.0 Å². The molecule has 0 saturated carbocycles. The number of nitrogens with zero attached hydrogens (tertiary/aromatic N) is 2. The van der Waals surface area contributed by atoms with Crippen molar-refractivity contribution in [3.63, 3.8) is 0 Å². The van der Waals surface area contributed by atoms with Crippen molar-refractivity contribution in [1.29, 1.82) is 0 Å². The van der Waals surface area contributed by atoms with Crippen molar-refractivity contribution < 1.29 is 18.9 Å². The summed E-state index contributed by atoms with van der Waals surface area (Å²) in [6, 6.07) is 19.7. The summed E-state index contributed by atoms with van der Waals surface area (Å²) in [5, 5.41) is 13.6. The Morgan fingerprint density at radius 1 is 1.00 bits per heavy atom. The average molecular weight is 391 g/mol. The van der Waals surface area contributed by atoms with Gasteiger partial charge in [0.15, 0.2) is 5.76 Å². The third-order valence-electron chi connectivity index (χ3n) is 4.79. The fourth-order valence-corrected chi connectivity index (χ4v) is 3.20. The molecule has 8 heteroatoms. The third-order valence-corrected chi connectivity index (χ3v) is 4.79. The molecule has 0 unspecified atom stereocenters. The highest BCUT2D eigenvalue weighted by Crippen LogP contribution is 2.29. The average Bonchev–Trinajstić information content (AvgIpc) is 3.18. The molecule has 1 aromatic heterocycles. The molecule has 3 aromatic rings. The van der Waals surface area contributed by atoms with Gasteiger partial charge in [0, 0.05) is 24.3 Å². The van der Waals surface area contributed by atoms with Crippen LogP contribution in [-0.4, -0.2) is 34.7 Å². The van der Waals surface area contributed by atoms with Gasteiger partial charge in [-0.1, -0.05) is 48.5 Å². The smallest absolute Gasteiger partial charge is 0.395 e. The van der Waals surface area contributed by atoms with E-state index in [1.807, 2.05) is 54.6 Å². The first-order valence-corrected chi connectivity index (χ1v) is 9.02. The summed E-state index contributed by atoms with van der Waals surface area (Å²) >= 11 is 0. The molecule has 0 spiro atoms. The summed E-state index contributed by atoms with van der Waals surface area (Å²) in [5.74, 6) is -1.59. The monoisotopic (exact) mass is 391 g/mol. The molecule has 8 nitrogen and oxygen atoms in total. The minimum absolute atomic E-state index is 0.106. The van der Waals surface area contributed by atoms with Crippen molar-refractivity contribution in [3.05, 3.63) is 82.6 Å². The first-order chi connectivity index (χ1) is 14.0. The van der Waals surface area contributed by atoms with Crippen LogP contribution in [-0.2, 0) is 4.79 Å². The lowest BCUT2D eigenvalue weighted by atomic mass is 9.97. The van der Waals surface area contributed by atoms with Crippen molar-refractivity contribution in [2.75, 3.05) is 18.4 Å². The zero-order chi connectivity index (χ0) is 20.4. The highest BCUT2D eigenvalue weighted by molar-refractivity contribution is 5.99. The van der Waals surface area contributed by atoms with Gasteiger partial charge in [-0.25, -0.2) is 0 Å². The van der Waals surface area contributed by atoms with Crippen LogP contribution in [0.25, 0.3) is 11.1 Å². The largest absolute Gasteiger partial charge is 0.433 e. The van der Waals surface area contributed by atoms with Crippen molar-refractivity contribution in [3.8, 4) is 11.1 Å². The van der Waals surface area contributed by atoms with Crippen LogP contribution in [0.1, 0.15) is 10.6 Å². The zero-order valence-corrected chi connectivity index (χ0v) is 15.3. The maximum absolute atomic E-state index is 12.6. The fourth-order valence-electron chi connectivity index (χ4n) is 3.20. The Hall–Kier alpha value is -3.94. The number of benzene rings is 2. The molecule has 2 amide bonds. The number of amides is 2. The number of nitro groups is 1. The Kier molecular flexibility index (Phi) is 4.82. The standard InChI is InChI=1S/C21H17N3O5/c25-20(22-17-9-5-4-8-16(17)14-6-2-1-3-7-14)15-12-23(13-15)21(26)18-10-11-19(29-18)24(27)28/h1-11,15H,12-13H2,(H,22,25). The van der Waals surface area contributed by atoms with Crippen molar-refractivity contribution in [1.82, 2.24) is 4.90 Å². The molecule has 4 rings (SSSR count). The summed E-state index contributed by atoms with van der Waals surface area (Å²) in [4.78, 5) is 36.3. The van der Waals surface area contributed by atoms with Crippen LogP contribution < -0.4 is 5.32 Å². The molecule has 1 fully saturated rings. The molecule has 1 N–H and O–H groups in total. The predicted molar refractivity (Wildman–Crippen MR) is 105 cm³/mol. The molecule has 146 valence electrons. The Labute approximate surface area is 165 Å². The summed E-state index contributed by atoms with van der Waals surface area (Å²) in [6.45, 7) is 0.458. The van der Waals surface area contributed by atoms with Gasteiger partial charge in [0.2, 0.25) is 5.91 Å². The second kappa shape index (κ2) is 7.59. The van der Waals surface area contributed by atoms with Gasteiger partial charge in [-0.3, -0.25) is 19.7 Å². The van der Waals surface area contributed by atoms with E-state index in [2.05, 4.69) is 5.32 Å². The van der Waals surface area contributed by atoms with Gasteiger partial charge < -0.3 is 14.6 Å². The lowest BCUT2D eigenvalue weighted by Gasteiger charge is -2.37. The SMILES string of the molecule is O=C(Nc1ccccc1-c1ccccc1)C1CN(C(=O)c2ccc([N+](=O)[O-])o2)C1. The summed E-state index contributed by atoms with van der Waals surface area (Å²) in [7, 11) is 0. The number of nitrogens with one attached hydrogen (secondary N) is 1. The van der Waals surface area contributed by atoms with Crippen LogP contribution >= 0.6 is 0 Å². The second-order valence-corrected chi connectivity index (χ2v) is 6.70. The number of likely N-dealkylation sites (tertiary alicyclic amines) is 1. The summed E-state index contributed by atoms with van der Waals surface area (Å²) in [5.41, 5.74) is 2.61. The topological polar surface area (TPSA) is 106 Å². The van der Waals surface area contributed by atoms with Crippen molar-refractivity contribution in [2.45, 2.75) is 0 Å². The third kappa shape index (κ3) is 3.73. The van der Waals surface area contributed by atoms with E-state index in [0.717, 1.165) is 17.2 Å². The minimum Gasteiger partial charge on any atom is -0.395 e. The first-order valence-electron chi connectivity index (χ1n) is 9.02. The lowest BCUT2D eigenvalue weighted by Crippen LogP contribution is -2.54. The molecule has 1 saturated heterocycles. The van der Waals surface area contributed by atoms with E-state index in [1.54, 1.807) is 0 Å². The molecule has 0 atom stereocenters. The van der Waals surface area contributed by atoms with Crippen molar-refractivity contribution in [2.24, 2.45) is 5.92 Å². The Morgan fingerprint density at radius 2 is 1.69 bits per heavy atom. The van der Waals surface area contributed by atoms with Gasteiger partial charge in [-0.15, -0.1) is 0 Å². The van der Waals surface area contributed by atoms with Crippen LogP contribution in [0.5, 0.6) is 0 Å². The maximum Gasteiger partial charge on any atom is 0.433 e. The van der Waals surface area contributed by atoms with Gasteiger partial charge in [-0.05, 0) is 17.7 Å². The normalized spacial score (nSPS) is 13.6. The van der Waals surface area contributed by atoms with E-state index in [-0.39, 0.29) is 30.7 Å². The van der Waals surface area contributed by atoms with E-state index >= 15 is 0 Å². The van der Waals surface area contributed by atoms with E-state index < -0.39 is 16.7 Å². The number of furan rings is 1. The van der Waals surface area contributed by atoms with Gasteiger partial charge in [0.1, 0.15) is 4.92 Å². The number of para-hydroxylation sites is 1. The highest BCUT2D eigenvalue weighted by atomic mass is 16.6. The van der Waals surface area contributed by atoms with Crippen LogP contribution in [0.3, 0.4) is 0 Å². The number of rotatable bonds is 5. The maximum atomic E-state index is 12.6. The van der Waals surface area contributed by atoms with Crippen molar-refractivity contribution >= 4 is 23.4 Å². The fraction of sp³-hybridized carbons (Fsp3) is 0.143. The number of anilines is 1. The summed E-state index contributed by atoms with van der Waals surface area (Å²) in [6.07, 6.45) is 0. The second-order valence-electron chi connectivity index (χ2n) is 6.70. The molecule has 2 aromatic carbocycles. The highest BCUT2D eigenvalue weighted by Gasteiger charge is 2.37. The predicted octanol–water partition coefficient (Wildman–Crippen LogP) is 3.57. The molecular formula is C21H17N3O5. The molecular weight excluding hydrogens is 374 g/mol. The van der Waals surface area contributed by atoms with Gasteiger partial charge in [0.05, 0.1) is 12.0 Å². The molecule has 0 aliphatic carbocycles. The Balaban J connectivity index is 1.39. The lowest BCUT2D eigenvalue weighted by molar-refractivity contribution is -0.402. The minimum atomic E-state index is -0.701. The van der Waals surface area contributed by atoms with Gasteiger partial charge in [0.25, 0.3) is 5.91 Å². The van der Waals surface area contributed by atoms with Crippen LogP contribution in [0.4, 0.5) is 11.6 Å². The first kappa shape index (κ1) is 18.4. The zero-order valence-electron chi connectivity index (χ0n) is 15.3. The molecule has 1 aliphatic heterocycles. The van der Waals surface area contributed by atoms with E-state index in [1.165, 1.54) is 11.0 Å². The summed E-state index contributed by atoms with van der Waals surface area (Å²) < 4.78 is 4.93. The van der Waals surface area contributed by atoms with E-state index in [0.29, 0.717) is 5.69 Å². The molecule has 0 bridgehead atoms. The molecule has 29 heavy (non-hydrogen) atoms. The molecule has 0 radical (unpaired) electrons.